The van der Waals surface area contributed by atoms with Gasteiger partial charge in [-0.3, -0.25) is 9.20 Å². The van der Waals surface area contributed by atoms with Crippen LogP contribution < -0.4 is 5.73 Å². The van der Waals surface area contributed by atoms with Gasteiger partial charge < -0.3 is 15.9 Å². The van der Waals surface area contributed by atoms with Crippen LogP contribution in [0.25, 0.3) is 16.8 Å². The van der Waals surface area contributed by atoms with Crippen LogP contribution in [0.4, 0.5) is 19.0 Å². The summed E-state index contributed by atoms with van der Waals surface area (Å²) in [6.07, 6.45) is 1.17. The van der Waals surface area contributed by atoms with Gasteiger partial charge in [-0.1, -0.05) is 43.3 Å². The molecular formula is C30H31F3N4O3. The topological polar surface area (TPSA) is 114 Å². The smallest absolute Gasteiger partial charge is 0.416 e. The summed E-state index contributed by atoms with van der Waals surface area (Å²) in [7, 11) is 0. The molecule has 2 aromatic heterocycles. The maximum atomic E-state index is 13.3. The third-order valence-electron chi connectivity index (χ3n) is 8.57. The van der Waals surface area contributed by atoms with Crippen LogP contribution in [0, 0.1) is 5.41 Å². The van der Waals surface area contributed by atoms with Gasteiger partial charge in [-0.2, -0.15) is 13.2 Å². The van der Waals surface area contributed by atoms with Crippen molar-refractivity contribution in [2.24, 2.45) is 5.41 Å². The number of rotatable bonds is 5. The van der Waals surface area contributed by atoms with Crippen LogP contribution in [0.1, 0.15) is 69.0 Å². The van der Waals surface area contributed by atoms with E-state index in [-0.39, 0.29) is 11.4 Å². The normalized spacial score (nSPS) is 23.2. The first-order valence-corrected chi connectivity index (χ1v) is 13.0. The summed E-state index contributed by atoms with van der Waals surface area (Å²) in [5.74, 6) is 0.253. The highest BCUT2D eigenvalue weighted by Crippen LogP contribution is 2.47. The molecule has 0 aliphatic heterocycles. The first-order valence-electron chi connectivity index (χ1n) is 13.0. The molecular weight excluding hydrogens is 521 g/mol. The van der Waals surface area contributed by atoms with E-state index in [1.807, 2.05) is 4.40 Å². The molecule has 2 heterocycles. The second-order valence-electron chi connectivity index (χ2n) is 11.5. The first kappa shape index (κ1) is 27.6. The van der Waals surface area contributed by atoms with E-state index in [9.17, 15) is 28.2 Å². The fraction of sp³-hybridized carbons (Fsp3) is 0.367. The number of alkyl halides is 3. The lowest BCUT2D eigenvalue weighted by molar-refractivity contribution is -0.150. The van der Waals surface area contributed by atoms with Crippen molar-refractivity contribution in [3.05, 3.63) is 83.4 Å². The molecule has 0 unspecified atom stereocenters. The molecule has 1 saturated carbocycles. The van der Waals surface area contributed by atoms with E-state index >= 15 is 0 Å². The van der Waals surface area contributed by atoms with Crippen molar-refractivity contribution in [2.75, 3.05) is 5.73 Å². The number of hydrogen-bond acceptors (Lipinski definition) is 5. The monoisotopic (exact) mass is 552 g/mol. The molecule has 1 atom stereocenters. The van der Waals surface area contributed by atoms with Crippen molar-refractivity contribution in [1.29, 1.82) is 0 Å². The quantitative estimate of drug-likeness (QED) is 0.273. The Balaban J connectivity index is 1.53. The zero-order chi connectivity index (χ0) is 29.1. The number of halogens is 3. The van der Waals surface area contributed by atoms with E-state index < -0.39 is 34.1 Å². The SMILES string of the molecule is CC1(C(=O)O)CCC(C)(c2nc(-c3ccc([C@@](C)(O)c4cccc(C(F)(F)F)c4)cc3)c3c(N)nccn23)CC1. The molecule has 4 aromatic rings. The van der Waals surface area contributed by atoms with E-state index in [0.29, 0.717) is 48.0 Å². The van der Waals surface area contributed by atoms with Gasteiger partial charge in [-0.05, 0) is 62.8 Å². The minimum Gasteiger partial charge on any atom is -0.481 e. The van der Waals surface area contributed by atoms with Gasteiger partial charge in [0, 0.05) is 23.4 Å². The van der Waals surface area contributed by atoms with Gasteiger partial charge in [0.05, 0.1) is 11.0 Å². The van der Waals surface area contributed by atoms with E-state index in [1.54, 1.807) is 43.6 Å². The largest absolute Gasteiger partial charge is 0.481 e. The van der Waals surface area contributed by atoms with Crippen molar-refractivity contribution in [3.8, 4) is 11.3 Å². The van der Waals surface area contributed by atoms with Crippen molar-refractivity contribution in [3.63, 3.8) is 0 Å². The minimum atomic E-state index is -4.52. The van der Waals surface area contributed by atoms with Crippen LogP contribution in [-0.2, 0) is 22.0 Å². The Bertz CT molecular complexity index is 1580. The van der Waals surface area contributed by atoms with Gasteiger partial charge in [0.1, 0.15) is 28.5 Å². The van der Waals surface area contributed by atoms with E-state index in [4.69, 9.17) is 10.7 Å². The Morgan fingerprint density at radius 1 is 1.00 bits per heavy atom. The fourth-order valence-corrected chi connectivity index (χ4v) is 5.60. The number of carbonyl (C=O) groups is 1. The zero-order valence-electron chi connectivity index (χ0n) is 22.5. The van der Waals surface area contributed by atoms with Crippen LogP contribution >= 0.6 is 0 Å². The Morgan fingerprint density at radius 3 is 2.23 bits per heavy atom. The molecule has 210 valence electrons. The molecule has 40 heavy (non-hydrogen) atoms. The summed E-state index contributed by atoms with van der Waals surface area (Å²) in [5, 5.41) is 20.9. The lowest BCUT2D eigenvalue weighted by Crippen LogP contribution is -2.39. The number of aliphatic carboxylic acids is 1. The number of carboxylic acids is 1. The number of nitrogen functional groups attached to an aromatic ring is 1. The Labute approximate surface area is 229 Å². The number of benzene rings is 2. The summed E-state index contributed by atoms with van der Waals surface area (Å²) in [5.41, 5.74) is 5.06. The summed E-state index contributed by atoms with van der Waals surface area (Å²) < 4.78 is 41.7. The maximum absolute atomic E-state index is 13.3. The second kappa shape index (κ2) is 9.33. The Morgan fingerprint density at radius 2 is 1.62 bits per heavy atom. The molecule has 1 fully saturated rings. The van der Waals surface area contributed by atoms with Crippen LogP contribution in [-0.4, -0.2) is 30.6 Å². The molecule has 5 rings (SSSR count). The third kappa shape index (κ3) is 4.60. The average molecular weight is 553 g/mol. The number of aliphatic hydroxyl groups is 1. The number of imidazole rings is 1. The molecule has 1 aliphatic rings. The summed E-state index contributed by atoms with van der Waals surface area (Å²) in [6.45, 7) is 5.32. The van der Waals surface area contributed by atoms with Gasteiger partial charge in [0.2, 0.25) is 0 Å². The fourth-order valence-electron chi connectivity index (χ4n) is 5.60. The van der Waals surface area contributed by atoms with Crippen LogP contribution in [0.15, 0.2) is 60.9 Å². The van der Waals surface area contributed by atoms with E-state index in [0.717, 1.165) is 18.0 Å². The lowest BCUT2D eigenvalue weighted by Gasteiger charge is -2.40. The van der Waals surface area contributed by atoms with Gasteiger partial charge in [-0.25, -0.2) is 9.97 Å². The van der Waals surface area contributed by atoms with E-state index in [2.05, 4.69) is 11.9 Å². The van der Waals surface area contributed by atoms with Crippen LogP contribution in [0.2, 0.25) is 0 Å². The van der Waals surface area contributed by atoms with Gasteiger partial charge >= 0.3 is 12.1 Å². The highest BCUT2D eigenvalue weighted by Gasteiger charge is 2.45. The highest BCUT2D eigenvalue weighted by atomic mass is 19.4. The van der Waals surface area contributed by atoms with Crippen molar-refractivity contribution >= 4 is 17.3 Å². The molecule has 0 saturated heterocycles. The predicted molar refractivity (Wildman–Crippen MR) is 145 cm³/mol. The molecule has 0 bridgehead atoms. The Hall–Kier alpha value is -3.92. The first-order chi connectivity index (χ1) is 18.7. The Kier molecular flexibility index (Phi) is 6.45. The number of hydrogen-bond donors (Lipinski definition) is 3. The number of nitrogens with two attached hydrogens (primary N) is 1. The van der Waals surface area contributed by atoms with Crippen molar-refractivity contribution in [2.45, 2.75) is 63.6 Å². The highest BCUT2D eigenvalue weighted by molar-refractivity contribution is 5.85. The minimum absolute atomic E-state index is 0.122. The van der Waals surface area contributed by atoms with Crippen LogP contribution in [0.5, 0.6) is 0 Å². The zero-order valence-corrected chi connectivity index (χ0v) is 22.5. The molecule has 0 amide bonds. The summed E-state index contributed by atoms with van der Waals surface area (Å²) in [6, 6.07) is 11.5. The molecule has 2 aromatic carbocycles. The van der Waals surface area contributed by atoms with Gasteiger partial charge in [0.25, 0.3) is 0 Å². The number of anilines is 1. The van der Waals surface area contributed by atoms with Crippen LogP contribution in [0.3, 0.4) is 0 Å². The summed E-state index contributed by atoms with van der Waals surface area (Å²) >= 11 is 0. The van der Waals surface area contributed by atoms with Crippen molar-refractivity contribution < 1.29 is 28.2 Å². The van der Waals surface area contributed by atoms with Gasteiger partial charge in [-0.15, -0.1) is 0 Å². The molecule has 1 aliphatic carbocycles. The summed E-state index contributed by atoms with van der Waals surface area (Å²) in [4.78, 5) is 21.1. The van der Waals surface area contributed by atoms with Gasteiger partial charge in [0.15, 0.2) is 0 Å². The maximum Gasteiger partial charge on any atom is 0.416 e. The molecule has 0 radical (unpaired) electrons. The number of nitrogens with zero attached hydrogens (tertiary/aromatic N) is 3. The second-order valence-corrected chi connectivity index (χ2v) is 11.5. The molecule has 7 nitrogen and oxygen atoms in total. The number of carboxylic acid groups (broad SMARTS) is 1. The van der Waals surface area contributed by atoms with E-state index in [1.165, 1.54) is 19.1 Å². The number of aromatic nitrogens is 3. The molecule has 0 spiro atoms. The standard InChI is InChI=1S/C30H31F3N4O3/c1-27(11-13-28(2,14-12-27)26(38)39)25-36-22(23-24(34)35-15-16-37(23)25)18-7-9-19(10-8-18)29(3,40)20-5-4-6-21(17-20)30(31,32)33/h4-10,15-17,40H,11-14H2,1-3H3,(H2,34,35)(H,38,39)/t27?,28?,29-/m1/s1. The average Bonchev–Trinajstić information content (AvgIpc) is 3.32. The number of fused-ring (bicyclic) bond motifs is 1. The van der Waals surface area contributed by atoms with Crippen molar-refractivity contribution in [1.82, 2.24) is 14.4 Å². The lowest BCUT2D eigenvalue weighted by atomic mass is 9.65. The molecule has 4 N–H and O–H groups in total. The molecule has 10 heteroatoms. The third-order valence-corrected chi connectivity index (χ3v) is 8.57. The predicted octanol–water partition coefficient (Wildman–Crippen LogP) is 6.18.